The molecule has 0 amide bonds. The zero-order valence-electron chi connectivity index (χ0n) is 17.0. The molecule has 1 atom stereocenters. The van der Waals surface area contributed by atoms with Gasteiger partial charge in [-0.1, -0.05) is 26.3 Å². The van der Waals surface area contributed by atoms with Gasteiger partial charge in [0, 0.05) is 41.7 Å². The van der Waals surface area contributed by atoms with Gasteiger partial charge in [0.1, 0.15) is 0 Å². The molecule has 1 aromatic heterocycles. The van der Waals surface area contributed by atoms with Gasteiger partial charge in [-0.3, -0.25) is 4.98 Å². The summed E-state index contributed by atoms with van der Waals surface area (Å²) in [6.45, 7) is 8.48. The molecule has 0 saturated heterocycles. The Labute approximate surface area is 163 Å². The average molecular weight is 365 g/mol. The Morgan fingerprint density at radius 3 is 2.67 bits per heavy atom. The summed E-state index contributed by atoms with van der Waals surface area (Å²) < 4.78 is 0. The Bertz CT molecular complexity index is 812. The van der Waals surface area contributed by atoms with E-state index in [-0.39, 0.29) is 0 Å². The minimum Gasteiger partial charge on any atom is -0.404 e. The molecule has 4 N–H and O–H groups in total. The van der Waals surface area contributed by atoms with E-state index < -0.39 is 0 Å². The third-order valence-electron chi connectivity index (χ3n) is 5.36. The standard InChI is InChI=1S/C23H32N4/c1-5-6-7-19(18(11-24)12-25)21-10-15(2)8-9-20(21)23-16(3)14-27-17(4)22(23)13-26/h7,11-15,24,26H,5-6,8-10,25H2,1-4H3/b18-12+,19-7+,24-11?,26-13?. The van der Waals surface area contributed by atoms with Crippen molar-refractivity contribution in [3.63, 3.8) is 0 Å². The molecular weight excluding hydrogens is 332 g/mol. The first-order chi connectivity index (χ1) is 13.0. The zero-order valence-corrected chi connectivity index (χ0v) is 17.0. The van der Waals surface area contributed by atoms with Gasteiger partial charge >= 0.3 is 0 Å². The monoisotopic (exact) mass is 364 g/mol. The van der Waals surface area contributed by atoms with Crippen molar-refractivity contribution >= 4 is 18.0 Å². The Balaban J connectivity index is 2.82. The Hall–Kier alpha value is -2.49. The van der Waals surface area contributed by atoms with Gasteiger partial charge in [0.25, 0.3) is 0 Å². The summed E-state index contributed by atoms with van der Waals surface area (Å²) >= 11 is 0. The third-order valence-corrected chi connectivity index (χ3v) is 5.36. The van der Waals surface area contributed by atoms with E-state index >= 15 is 0 Å². The van der Waals surface area contributed by atoms with Crippen LogP contribution in [-0.2, 0) is 0 Å². The highest BCUT2D eigenvalue weighted by atomic mass is 14.7. The number of aromatic nitrogens is 1. The van der Waals surface area contributed by atoms with Gasteiger partial charge in [-0.25, -0.2) is 0 Å². The largest absolute Gasteiger partial charge is 0.404 e. The molecule has 1 heterocycles. The third kappa shape index (κ3) is 4.44. The fourth-order valence-electron chi connectivity index (χ4n) is 3.88. The van der Waals surface area contributed by atoms with Gasteiger partial charge in [0.05, 0.1) is 0 Å². The first-order valence-electron chi connectivity index (χ1n) is 9.80. The quantitative estimate of drug-likeness (QED) is 0.441. The van der Waals surface area contributed by atoms with Crippen molar-refractivity contribution in [1.29, 1.82) is 10.8 Å². The summed E-state index contributed by atoms with van der Waals surface area (Å²) in [5, 5.41) is 15.8. The van der Waals surface area contributed by atoms with Crippen LogP contribution in [0.25, 0.3) is 5.57 Å². The van der Waals surface area contributed by atoms with Crippen LogP contribution >= 0.6 is 0 Å². The fourth-order valence-corrected chi connectivity index (χ4v) is 3.88. The van der Waals surface area contributed by atoms with Crippen molar-refractivity contribution in [1.82, 2.24) is 4.98 Å². The number of unbranched alkanes of at least 4 members (excludes halogenated alkanes) is 1. The summed E-state index contributed by atoms with van der Waals surface area (Å²) in [7, 11) is 0. The highest BCUT2D eigenvalue weighted by Gasteiger charge is 2.25. The number of allylic oxidation sites excluding steroid dienone is 5. The van der Waals surface area contributed by atoms with Gasteiger partial charge in [0.2, 0.25) is 0 Å². The number of nitrogens with two attached hydrogens (primary N) is 1. The molecule has 0 aliphatic heterocycles. The van der Waals surface area contributed by atoms with Crippen molar-refractivity contribution in [2.45, 2.75) is 59.8 Å². The van der Waals surface area contributed by atoms with E-state index in [1.54, 1.807) is 6.20 Å². The van der Waals surface area contributed by atoms with Gasteiger partial charge in [0.15, 0.2) is 0 Å². The second-order valence-corrected chi connectivity index (χ2v) is 7.44. The van der Waals surface area contributed by atoms with E-state index in [1.165, 1.54) is 23.6 Å². The Morgan fingerprint density at radius 2 is 2.07 bits per heavy atom. The number of nitrogens with one attached hydrogen (secondary N) is 2. The summed E-state index contributed by atoms with van der Waals surface area (Å²) in [6, 6.07) is 0. The molecule has 1 aliphatic carbocycles. The second-order valence-electron chi connectivity index (χ2n) is 7.44. The van der Waals surface area contributed by atoms with E-state index in [2.05, 4.69) is 31.8 Å². The van der Waals surface area contributed by atoms with Crippen molar-refractivity contribution in [2.24, 2.45) is 11.7 Å². The van der Waals surface area contributed by atoms with Gasteiger partial charge in [-0.05, 0) is 73.3 Å². The predicted molar refractivity (Wildman–Crippen MR) is 116 cm³/mol. The first-order valence-corrected chi connectivity index (χ1v) is 9.80. The smallest absolute Gasteiger partial charge is 0.0466 e. The molecule has 4 heteroatoms. The number of nitrogens with zero attached hydrogens (tertiary/aromatic N) is 1. The lowest BCUT2D eigenvalue weighted by Crippen LogP contribution is -2.14. The molecule has 1 aliphatic rings. The lowest BCUT2D eigenvalue weighted by atomic mass is 9.76. The minimum absolute atomic E-state index is 0.588. The Morgan fingerprint density at radius 1 is 1.33 bits per heavy atom. The molecule has 4 nitrogen and oxygen atoms in total. The molecule has 1 unspecified atom stereocenters. The molecule has 144 valence electrons. The van der Waals surface area contributed by atoms with Crippen LogP contribution in [0.15, 0.2) is 35.2 Å². The number of hydrogen-bond donors (Lipinski definition) is 3. The molecule has 27 heavy (non-hydrogen) atoms. The van der Waals surface area contributed by atoms with Crippen molar-refractivity contribution in [2.75, 3.05) is 0 Å². The molecule has 2 rings (SSSR count). The zero-order chi connectivity index (χ0) is 20.0. The number of aryl methyl sites for hydroxylation is 2. The van der Waals surface area contributed by atoms with Crippen LogP contribution in [0, 0.1) is 30.6 Å². The Kier molecular flexibility index (Phi) is 7.28. The van der Waals surface area contributed by atoms with Gasteiger partial charge < -0.3 is 16.6 Å². The van der Waals surface area contributed by atoms with Crippen LogP contribution < -0.4 is 5.73 Å². The molecule has 0 aromatic carbocycles. The normalized spacial score (nSPS) is 18.6. The predicted octanol–water partition coefficient (Wildman–Crippen LogP) is 5.49. The van der Waals surface area contributed by atoms with Crippen LogP contribution in [0.1, 0.15) is 68.3 Å². The average Bonchev–Trinajstić information content (AvgIpc) is 2.67. The van der Waals surface area contributed by atoms with E-state index in [1.807, 2.05) is 13.1 Å². The SMILES string of the molecule is CCC/C=C(C1=C(c2c(C)cnc(C)c2C=N)CCC(C)C1)\C(C=N)=C\N. The summed E-state index contributed by atoms with van der Waals surface area (Å²) in [6.07, 6.45) is 13.5. The van der Waals surface area contributed by atoms with Crippen LogP contribution in [0.3, 0.4) is 0 Å². The second kappa shape index (κ2) is 9.45. The van der Waals surface area contributed by atoms with Crippen LogP contribution in [0.2, 0.25) is 0 Å². The van der Waals surface area contributed by atoms with E-state index in [9.17, 15) is 0 Å². The van der Waals surface area contributed by atoms with Crippen LogP contribution in [-0.4, -0.2) is 17.4 Å². The topological polar surface area (TPSA) is 86.6 Å². The van der Waals surface area contributed by atoms with Crippen LogP contribution in [0.4, 0.5) is 0 Å². The van der Waals surface area contributed by atoms with Crippen LogP contribution in [0.5, 0.6) is 0 Å². The van der Waals surface area contributed by atoms with E-state index in [4.69, 9.17) is 16.6 Å². The van der Waals surface area contributed by atoms with Gasteiger partial charge in [-0.2, -0.15) is 0 Å². The molecule has 0 saturated carbocycles. The van der Waals surface area contributed by atoms with E-state index in [0.29, 0.717) is 5.92 Å². The fraction of sp³-hybridized carbons (Fsp3) is 0.435. The van der Waals surface area contributed by atoms with Crippen molar-refractivity contribution < 1.29 is 0 Å². The molecule has 0 fully saturated rings. The van der Waals surface area contributed by atoms with Crippen molar-refractivity contribution in [3.8, 4) is 0 Å². The molecule has 0 bridgehead atoms. The summed E-state index contributed by atoms with van der Waals surface area (Å²) in [5.74, 6) is 0.588. The summed E-state index contributed by atoms with van der Waals surface area (Å²) in [5.41, 5.74) is 14.3. The molecule has 1 aromatic rings. The number of pyridine rings is 1. The highest BCUT2D eigenvalue weighted by molar-refractivity contribution is 5.93. The maximum absolute atomic E-state index is 7.95. The first kappa shape index (κ1) is 20.8. The highest BCUT2D eigenvalue weighted by Crippen LogP contribution is 2.42. The minimum atomic E-state index is 0.588. The number of rotatable bonds is 7. The van der Waals surface area contributed by atoms with Gasteiger partial charge in [-0.15, -0.1) is 0 Å². The lowest BCUT2D eigenvalue weighted by molar-refractivity contribution is 0.520. The molecule has 0 radical (unpaired) electrons. The molecule has 0 spiro atoms. The van der Waals surface area contributed by atoms with Crippen molar-refractivity contribution in [3.05, 3.63) is 57.6 Å². The maximum Gasteiger partial charge on any atom is 0.0466 e. The summed E-state index contributed by atoms with van der Waals surface area (Å²) in [4.78, 5) is 4.45. The maximum atomic E-state index is 7.95. The van der Waals surface area contributed by atoms with E-state index in [0.717, 1.165) is 65.6 Å². The number of hydrogen-bond acceptors (Lipinski definition) is 4. The lowest BCUT2D eigenvalue weighted by Gasteiger charge is -2.29. The molecular formula is C23H32N4.